The Morgan fingerprint density at radius 3 is 2.21 bits per heavy atom. The van der Waals surface area contributed by atoms with E-state index < -0.39 is 4.75 Å². The Labute approximate surface area is 175 Å². The Kier molecular flexibility index (Phi) is 5.16. The highest BCUT2D eigenvalue weighted by atomic mass is 32.2. The maximum atomic E-state index is 13.8. The molecule has 0 aliphatic carbocycles. The summed E-state index contributed by atoms with van der Waals surface area (Å²) in [7, 11) is 1.73. The Hall–Kier alpha value is -3.05. The molecule has 1 aliphatic rings. The van der Waals surface area contributed by atoms with Crippen molar-refractivity contribution in [3.8, 4) is 0 Å². The molecule has 0 N–H and O–H groups in total. The number of para-hydroxylation sites is 2. The van der Waals surface area contributed by atoms with Crippen molar-refractivity contribution < 1.29 is 9.59 Å². The maximum absolute atomic E-state index is 13.8. The molecule has 3 aromatic rings. The number of thioether (sulfide) groups is 1. The van der Waals surface area contributed by atoms with Crippen LogP contribution in [-0.2, 0) is 16.1 Å². The van der Waals surface area contributed by atoms with Crippen molar-refractivity contribution in [1.82, 2.24) is 0 Å². The highest BCUT2D eigenvalue weighted by Crippen LogP contribution is 2.46. The van der Waals surface area contributed by atoms with Gasteiger partial charge in [0.2, 0.25) is 0 Å². The van der Waals surface area contributed by atoms with Crippen molar-refractivity contribution in [3.05, 3.63) is 90.5 Å². The number of benzene rings is 3. The Morgan fingerprint density at radius 2 is 1.52 bits per heavy atom. The SMILES string of the molecule is CN1C(=O)C(C)(C(=O)N(Cc2ccccc2)c2ccccc2)Sc2ccccc21. The van der Waals surface area contributed by atoms with E-state index in [0.717, 1.165) is 21.8 Å². The molecule has 0 radical (unpaired) electrons. The first-order valence-electron chi connectivity index (χ1n) is 9.48. The smallest absolute Gasteiger partial charge is 0.253 e. The third kappa shape index (κ3) is 3.54. The van der Waals surface area contributed by atoms with Crippen molar-refractivity contribution in [2.24, 2.45) is 0 Å². The highest BCUT2D eigenvalue weighted by Gasteiger charge is 2.50. The van der Waals surface area contributed by atoms with Gasteiger partial charge in [0, 0.05) is 17.6 Å². The minimum absolute atomic E-state index is 0.208. The van der Waals surface area contributed by atoms with Crippen LogP contribution in [0.2, 0.25) is 0 Å². The van der Waals surface area contributed by atoms with Gasteiger partial charge in [-0.2, -0.15) is 0 Å². The number of anilines is 2. The molecule has 146 valence electrons. The number of carbonyl (C=O) groups excluding carboxylic acids is 2. The van der Waals surface area contributed by atoms with Gasteiger partial charge in [-0.1, -0.05) is 72.4 Å². The molecule has 2 amide bonds. The average Bonchev–Trinajstić information content (AvgIpc) is 2.77. The lowest BCUT2D eigenvalue weighted by molar-refractivity contribution is -0.129. The van der Waals surface area contributed by atoms with Crippen LogP contribution >= 0.6 is 11.8 Å². The first-order chi connectivity index (χ1) is 14.0. The van der Waals surface area contributed by atoms with Gasteiger partial charge in [-0.15, -0.1) is 0 Å². The number of carbonyl (C=O) groups is 2. The molecular weight excluding hydrogens is 380 g/mol. The summed E-state index contributed by atoms with van der Waals surface area (Å²) in [4.78, 5) is 31.4. The van der Waals surface area contributed by atoms with Crippen LogP contribution in [0.3, 0.4) is 0 Å². The van der Waals surface area contributed by atoms with Crippen LogP contribution in [0.4, 0.5) is 11.4 Å². The molecule has 1 heterocycles. The number of hydrogen-bond donors (Lipinski definition) is 0. The molecule has 0 bridgehead atoms. The zero-order valence-corrected chi connectivity index (χ0v) is 17.2. The van der Waals surface area contributed by atoms with Crippen LogP contribution in [0, 0.1) is 0 Å². The maximum Gasteiger partial charge on any atom is 0.253 e. The lowest BCUT2D eigenvalue weighted by Crippen LogP contribution is -2.56. The normalized spacial score (nSPS) is 18.3. The monoisotopic (exact) mass is 402 g/mol. The molecule has 0 saturated heterocycles. The summed E-state index contributed by atoms with van der Waals surface area (Å²) < 4.78 is -1.24. The summed E-state index contributed by atoms with van der Waals surface area (Å²) in [6.07, 6.45) is 0. The molecule has 0 spiro atoms. The van der Waals surface area contributed by atoms with Gasteiger partial charge in [0.1, 0.15) is 0 Å². The van der Waals surface area contributed by atoms with E-state index in [1.165, 1.54) is 11.8 Å². The van der Waals surface area contributed by atoms with Crippen molar-refractivity contribution in [2.45, 2.75) is 23.1 Å². The van der Waals surface area contributed by atoms with Gasteiger partial charge < -0.3 is 9.80 Å². The van der Waals surface area contributed by atoms with E-state index in [4.69, 9.17) is 0 Å². The number of hydrogen-bond acceptors (Lipinski definition) is 3. The van der Waals surface area contributed by atoms with Gasteiger partial charge in [-0.3, -0.25) is 9.59 Å². The number of nitrogens with zero attached hydrogens (tertiary/aromatic N) is 2. The van der Waals surface area contributed by atoms with Crippen LogP contribution in [0.5, 0.6) is 0 Å². The van der Waals surface area contributed by atoms with Crippen molar-refractivity contribution in [3.63, 3.8) is 0 Å². The largest absolute Gasteiger partial charge is 0.313 e. The quantitative estimate of drug-likeness (QED) is 0.592. The average molecular weight is 403 g/mol. The van der Waals surface area contributed by atoms with Crippen molar-refractivity contribution in [2.75, 3.05) is 16.8 Å². The van der Waals surface area contributed by atoms with Gasteiger partial charge >= 0.3 is 0 Å². The number of rotatable bonds is 4. The van der Waals surface area contributed by atoms with E-state index in [9.17, 15) is 9.59 Å². The van der Waals surface area contributed by atoms with Gasteiger partial charge in [0.15, 0.2) is 4.75 Å². The molecule has 1 aliphatic heterocycles. The zero-order valence-electron chi connectivity index (χ0n) is 16.4. The number of fused-ring (bicyclic) bond motifs is 1. The van der Waals surface area contributed by atoms with E-state index in [1.54, 1.807) is 23.8 Å². The van der Waals surface area contributed by atoms with E-state index in [2.05, 4.69) is 0 Å². The number of amides is 2. The molecule has 0 fully saturated rings. The second-order valence-corrected chi connectivity index (χ2v) is 8.64. The molecule has 4 nitrogen and oxygen atoms in total. The van der Waals surface area contributed by atoms with Crippen LogP contribution in [0.1, 0.15) is 12.5 Å². The second-order valence-electron chi connectivity index (χ2n) is 7.18. The fourth-order valence-electron chi connectivity index (χ4n) is 3.56. The summed E-state index contributed by atoms with van der Waals surface area (Å²) in [5, 5.41) is 0. The molecule has 3 aromatic carbocycles. The summed E-state index contributed by atoms with van der Waals surface area (Å²) in [6, 6.07) is 27.1. The summed E-state index contributed by atoms with van der Waals surface area (Å²) in [5.41, 5.74) is 2.62. The minimum atomic E-state index is -1.24. The van der Waals surface area contributed by atoms with Crippen LogP contribution in [0.25, 0.3) is 0 Å². The predicted octanol–water partition coefficient (Wildman–Crippen LogP) is 4.75. The lowest BCUT2D eigenvalue weighted by atomic mass is 10.0. The van der Waals surface area contributed by atoms with E-state index in [0.29, 0.717) is 6.54 Å². The molecule has 1 unspecified atom stereocenters. The topological polar surface area (TPSA) is 40.6 Å². The first kappa shape index (κ1) is 19.3. The molecule has 0 saturated carbocycles. The standard InChI is InChI=1S/C24H22N2O2S/c1-24(22(27)25(2)20-15-9-10-16-21(20)29-24)23(28)26(19-13-7-4-8-14-19)17-18-11-5-3-6-12-18/h3-16H,17H2,1-2H3. The minimum Gasteiger partial charge on any atom is -0.313 e. The van der Waals surface area contributed by atoms with E-state index in [1.807, 2.05) is 84.9 Å². The lowest BCUT2D eigenvalue weighted by Gasteiger charge is -2.39. The summed E-state index contributed by atoms with van der Waals surface area (Å²) >= 11 is 1.33. The van der Waals surface area contributed by atoms with Gasteiger partial charge in [-0.05, 0) is 36.8 Å². The Bertz CT molecular complexity index is 1040. The van der Waals surface area contributed by atoms with Crippen LogP contribution < -0.4 is 9.80 Å². The highest BCUT2D eigenvalue weighted by molar-refractivity contribution is 8.02. The molecule has 29 heavy (non-hydrogen) atoms. The summed E-state index contributed by atoms with van der Waals surface area (Å²) in [6.45, 7) is 2.13. The van der Waals surface area contributed by atoms with Crippen molar-refractivity contribution >= 4 is 35.0 Å². The van der Waals surface area contributed by atoms with Gasteiger partial charge in [0.05, 0.1) is 12.2 Å². The molecule has 0 aromatic heterocycles. The Balaban J connectivity index is 1.75. The fourth-order valence-corrected chi connectivity index (χ4v) is 4.88. The van der Waals surface area contributed by atoms with Crippen molar-refractivity contribution in [1.29, 1.82) is 0 Å². The van der Waals surface area contributed by atoms with Crippen LogP contribution in [-0.4, -0.2) is 23.6 Å². The van der Waals surface area contributed by atoms with E-state index in [-0.39, 0.29) is 11.8 Å². The van der Waals surface area contributed by atoms with Gasteiger partial charge in [0.25, 0.3) is 11.8 Å². The summed E-state index contributed by atoms with van der Waals surface area (Å²) in [5.74, 6) is -0.427. The Morgan fingerprint density at radius 1 is 0.931 bits per heavy atom. The molecule has 5 heteroatoms. The third-order valence-electron chi connectivity index (χ3n) is 5.16. The zero-order chi connectivity index (χ0) is 20.4. The molecule has 1 atom stereocenters. The fraction of sp³-hybridized carbons (Fsp3) is 0.167. The van der Waals surface area contributed by atoms with Crippen LogP contribution in [0.15, 0.2) is 89.8 Å². The van der Waals surface area contributed by atoms with E-state index >= 15 is 0 Å². The first-order valence-corrected chi connectivity index (χ1v) is 10.3. The molecular formula is C24H22N2O2S. The van der Waals surface area contributed by atoms with Gasteiger partial charge in [-0.25, -0.2) is 0 Å². The second kappa shape index (κ2) is 7.76. The molecule has 4 rings (SSSR count). The predicted molar refractivity (Wildman–Crippen MR) is 118 cm³/mol. The third-order valence-corrected chi connectivity index (χ3v) is 6.48.